The first kappa shape index (κ1) is 10.9. The largest absolute Gasteiger partial charge is 0.396 e. The number of hydrogen-bond acceptors (Lipinski definition) is 4. The first-order valence-corrected chi connectivity index (χ1v) is 6.81. The van der Waals surface area contributed by atoms with Gasteiger partial charge in [-0.05, 0) is 24.3 Å². The van der Waals surface area contributed by atoms with Crippen LogP contribution in [0.25, 0.3) is 0 Å². The lowest BCUT2D eigenvalue weighted by Crippen LogP contribution is -2.20. The highest BCUT2D eigenvalue weighted by Gasteiger charge is 2.24. The van der Waals surface area contributed by atoms with Gasteiger partial charge >= 0.3 is 0 Å². The summed E-state index contributed by atoms with van der Waals surface area (Å²) in [6.07, 6.45) is 2.98. The van der Waals surface area contributed by atoms with Gasteiger partial charge in [0.05, 0.1) is 6.61 Å². The first-order chi connectivity index (χ1) is 8.38. The van der Waals surface area contributed by atoms with E-state index >= 15 is 0 Å². The van der Waals surface area contributed by atoms with E-state index in [-0.39, 0.29) is 12.5 Å². The molecule has 3 heterocycles. The van der Waals surface area contributed by atoms with Crippen molar-refractivity contribution in [3.8, 4) is 0 Å². The molecule has 0 bridgehead atoms. The maximum absolute atomic E-state index is 9.32. The molecule has 0 spiro atoms. The zero-order chi connectivity index (χ0) is 11.7. The van der Waals surface area contributed by atoms with Gasteiger partial charge < -0.3 is 9.67 Å². The van der Waals surface area contributed by atoms with Crippen molar-refractivity contribution in [1.29, 1.82) is 0 Å². The highest BCUT2D eigenvalue weighted by molar-refractivity contribution is 7.09. The van der Waals surface area contributed by atoms with Gasteiger partial charge in [-0.25, -0.2) is 0 Å². The molecule has 1 aliphatic rings. The molecule has 17 heavy (non-hydrogen) atoms. The fourth-order valence-electron chi connectivity index (χ4n) is 2.39. The fraction of sp³-hybridized carbons (Fsp3) is 0.500. The van der Waals surface area contributed by atoms with Crippen molar-refractivity contribution in [3.05, 3.63) is 34.0 Å². The minimum absolute atomic E-state index is 0.174. The molecule has 0 aromatic carbocycles. The molecular formula is C12H15N3OS. The molecule has 0 amide bonds. The second-order valence-corrected chi connectivity index (χ2v) is 5.44. The molecular weight excluding hydrogens is 234 g/mol. The number of thiophene rings is 1. The van der Waals surface area contributed by atoms with Gasteiger partial charge in [0, 0.05) is 23.8 Å². The number of hydrogen-bond donors (Lipinski definition) is 1. The van der Waals surface area contributed by atoms with Gasteiger partial charge in [-0.15, -0.1) is 21.5 Å². The van der Waals surface area contributed by atoms with E-state index in [1.807, 2.05) is 0 Å². The lowest BCUT2D eigenvalue weighted by atomic mass is 10.00. The van der Waals surface area contributed by atoms with Crippen LogP contribution in [0.4, 0.5) is 0 Å². The zero-order valence-corrected chi connectivity index (χ0v) is 10.4. The molecule has 0 saturated carbocycles. The number of aliphatic hydroxyl groups is 1. The monoisotopic (exact) mass is 249 g/mol. The summed E-state index contributed by atoms with van der Waals surface area (Å²) < 4.78 is 2.18. The van der Waals surface area contributed by atoms with Gasteiger partial charge in [-0.2, -0.15) is 0 Å². The third-order valence-corrected chi connectivity index (χ3v) is 4.16. The number of aromatic nitrogens is 3. The molecule has 0 fully saturated rings. The van der Waals surface area contributed by atoms with Crippen LogP contribution in [0.5, 0.6) is 0 Å². The summed E-state index contributed by atoms with van der Waals surface area (Å²) in [5.41, 5.74) is 0. The molecule has 1 unspecified atom stereocenters. The van der Waals surface area contributed by atoms with Crippen LogP contribution < -0.4 is 0 Å². The Morgan fingerprint density at radius 1 is 1.47 bits per heavy atom. The number of fused-ring (bicyclic) bond motifs is 1. The molecule has 0 aliphatic carbocycles. The minimum Gasteiger partial charge on any atom is -0.396 e. The Hall–Kier alpha value is -1.20. The number of nitrogens with zero attached hydrogens (tertiary/aromatic N) is 3. The molecule has 4 nitrogen and oxygen atoms in total. The molecule has 3 rings (SSSR count). The van der Waals surface area contributed by atoms with Crippen LogP contribution in [-0.2, 0) is 13.0 Å². The second kappa shape index (κ2) is 4.58. The van der Waals surface area contributed by atoms with Crippen LogP contribution in [0.1, 0.15) is 35.3 Å². The summed E-state index contributed by atoms with van der Waals surface area (Å²) >= 11 is 1.75. The van der Waals surface area contributed by atoms with E-state index in [9.17, 15) is 5.11 Å². The van der Waals surface area contributed by atoms with Crippen LogP contribution in [0, 0.1) is 0 Å². The maximum atomic E-state index is 9.32. The van der Waals surface area contributed by atoms with Gasteiger partial charge in [0.2, 0.25) is 0 Å². The van der Waals surface area contributed by atoms with Gasteiger partial charge in [0.25, 0.3) is 0 Å². The lowest BCUT2D eigenvalue weighted by Gasteiger charge is -2.21. The number of aliphatic hydroxyl groups excluding tert-OH is 1. The quantitative estimate of drug-likeness (QED) is 0.902. The van der Waals surface area contributed by atoms with E-state index in [1.165, 1.54) is 4.88 Å². The third-order valence-electron chi connectivity index (χ3n) is 3.29. The van der Waals surface area contributed by atoms with Gasteiger partial charge in [0.1, 0.15) is 11.6 Å². The van der Waals surface area contributed by atoms with Crippen molar-refractivity contribution in [2.45, 2.75) is 31.7 Å². The molecule has 0 saturated heterocycles. The minimum atomic E-state index is 0.174. The average molecular weight is 249 g/mol. The van der Waals surface area contributed by atoms with Crippen LogP contribution in [0.15, 0.2) is 17.5 Å². The normalized spacial score (nSPS) is 19.2. The molecule has 1 atom stereocenters. The topological polar surface area (TPSA) is 50.9 Å². The van der Waals surface area contributed by atoms with Crippen molar-refractivity contribution in [3.63, 3.8) is 0 Å². The smallest absolute Gasteiger partial charge is 0.138 e. The Kier molecular flexibility index (Phi) is 2.94. The summed E-state index contributed by atoms with van der Waals surface area (Å²) in [5, 5.41) is 19.9. The highest BCUT2D eigenvalue weighted by atomic mass is 32.1. The van der Waals surface area contributed by atoms with E-state index in [0.29, 0.717) is 0 Å². The molecule has 1 N–H and O–H groups in total. The Labute approximate surface area is 104 Å². The highest BCUT2D eigenvalue weighted by Crippen LogP contribution is 2.27. The van der Waals surface area contributed by atoms with Crippen molar-refractivity contribution >= 4 is 11.3 Å². The number of rotatable bonds is 3. The Balaban J connectivity index is 1.89. The molecule has 90 valence electrons. The molecule has 5 heteroatoms. The Morgan fingerprint density at radius 2 is 2.41 bits per heavy atom. The van der Waals surface area contributed by atoms with Gasteiger partial charge in [-0.1, -0.05) is 6.07 Å². The average Bonchev–Trinajstić information content (AvgIpc) is 2.99. The zero-order valence-electron chi connectivity index (χ0n) is 9.54. The van der Waals surface area contributed by atoms with E-state index < -0.39 is 0 Å². The van der Waals surface area contributed by atoms with Crippen molar-refractivity contribution < 1.29 is 5.11 Å². The van der Waals surface area contributed by atoms with Crippen LogP contribution >= 0.6 is 11.3 Å². The second-order valence-electron chi connectivity index (χ2n) is 4.40. The standard InChI is InChI=1S/C12H15N3OS/c16-8-9-3-1-5-15-11(13-14-12(9)15)7-10-4-2-6-17-10/h2,4,6,9,16H,1,3,5,7-8H2. The predicted molar refractivity (Wildman–Crippen MR) is 66.2 cm³/mol. The van der Waals surface area contributed by atoms with Crippen LogP contribution in [0.2, 0.25) is 0 Å². The molecule has 2 aromatic heterocycles. The molecule has 0 radical (unpaired) electrons. The Bertz CT molecular complexity index is 492. The SMILES string of the molecule is OCC1CCCn2c(Cc3cccs3)nnc21. The molecule has 2 aromatic rings. The van der Waals surface area contributed by atoms with Crippen LogP contribution in [0.3, 0.4) is 0 Å². The summed E-state index contributed by atoms with van der Waals surface area (Å²) in [6.45, 7) is 1.16. The molecule has 1 aliphatic heterocycles. The first-order valence-electron chi connectivity index (χ1n) is 5.93. The summed E-state index contributed by atoms with van der Waals surface area (Å²) in [4.78, 5) is 1.31. The van der Waals surface area contributed by atoms with E-state index in [2.05, 4.69) is 32.3 Å². The lowest BCUT2D eigenvalue weighted by molar-refractivity contribution is 0.237. The van der Waals surface area contributed by atoms with Crippen molar-refractivity contribution in [2.75, 3.05) is 6.61 Å². The summed E-state index contributed by atoms with van der Waals surface area (Å²) in [5.74, 6) is 2.17. The van der Waals surface area contributed by atoms with E-state index in [1.54, 1.807) is 11.3 Å². The van der Waals surface area contributed by atoms with E-state index in [0.717, 1.165) is 37.5 Å². The summed E-state index contributed by atoms with van der Waals surface area (Å²) in [6, 6.07) is 4.18. The predicted octanol–water partition coefficient (Wildman–Crippen LogP) is 1.80. The van der Waals surface area contributed by atoms with Crippen molar-refractivity contribution in [1.82, 2.24) is 14.8 Å². The maximum Gasteiger partial charge on any atom is 0.138 e. The van der Waals surface area contributed by atoms with Gasteiger partial charge in [0.15, 0.2) is 0 Å². The van der Waals surface area contributed by atoms with Gasteiger partial charge in [-0.3, -0.25) is 0 Å². The van der Waals surface area contributed by atoms with Crippen LogP contribution in [-0.4, -0.2) is 26.5 Å². The van der Waals surface area contributed by atoms with E-state index in [4.69, 9.17) is 0 Å². The van der Waals surface area contributed by atoms with Crippen molar-refractivity contribution in [2.24, 2.45) is 0 Å². The summed E-state index contributed by atoms with van der Waals surface area (Å²) in [7, 11) is 0. The Morgan fingerprint density at radius 3 is 3.18 bits per heavy atom. The third kappa shape index (κ3) is 2.00. The fourth-order valence-corrected chi connectivity index (χ4v) is 3.09.